The first kappa shape index (κ1) is 20.5. The number of hydrogen-bond donors (Lipinski definition) is 1. The Kier molecular flexibility index (Phi) is 8.82. The van der Waals surface area contributed by atoms with E-state index in [1.165, 1.54) is 18.7 Å². The average molecular weight is 338 g/mol. The predicted molar refractivity (Wildman–Crippen MR) is 91.1 cm³/mol. The third-order valence-corrected chi connectivity index (χ3v) is 4.48. The van der Waals surface area contributed by atoms with Gasteiger partial charge in [-0.1, -0.05) is 0 Å². The van der Waals surface area contributed by atoms with Crippen molar-refractivity contribution in [1.82, 2.24) is 4.90 Å². The summed E-state index contributed by atoms with van der Waals surface area (Å²) in [6, 6.07) is 0.0446. The Hall–Kier alpha value is -1.56. The van der Waals surface area contributed by atoms with Gasteiger partial charge in [0.15, 0.2) is 0 Å². The van der Waals surface area contributed by atoms with Crippen LogP contribution < -0.4 is 5.73 Å². The van der Waals surface area contributed by atoms with Crippen molar-refractivity contribution in [3.8, 4) is 0 Å². The summed E-state index contributed by atoms with van der Waals surface area (Å²) in [4.78, 5) is 48.5. The van der Waals surface area contributed by atoms with Gasteiger partial charge in [0.05, 0.1) is 0 Å². The van der Waals surface area contributed by atoms with Crippen LogP contribution in [0.15, 0.2) is 0 Å². The van der Waals surface area contributed by atoms with Crippen molar-refractivity contribution >= 4 is 23.4 Å². The molecule has 0 atom stereocenters. The van der Waals surface area contributed by atoms with Crippen LogP contribution in [0.4, 0.5) is 0 Å². The minimum Gasteiger partial charge on any atom is -0.328 e. The number of carbonyl (C=O) groups excluding carboxylic acids is 4. The molecular formula is C18H30N2O4. The zero-order valence-corrected chi connectivity index (χ0v) is 14.9. The molecule has 0 aromatic rings. The Bertz CT molecular complexity index is 436. The number of amides is 2. The molecule has 136 valence electrons. The molecule has 0 bridgehead atoms. The van der Waals surface area contributed by atoms with E-state index in [0.717, 1.165) is 25.7 Å². The maximum absolute atomic E-state index is 12.5. The summed E-state index contributed by atoms with van der Waals surface area (Å²) in [5.74, 6) is -0.314. The average Bonchev–Trinajstić information content (AvgIpc) is 2.48. The van der Waals surface area contributed by atoms with Crippen LogP contribution in [0.2, 0.25) is 0 Å². The Morgan fingerprint density at radius 2 is 1.21 bits per heavy atom. The van der Waals surface area contributed by atoms with E-state index in [-0.39, 0.29) is 48.3 Å². The van der Waals surface area contributed by atoms with Crippen molar-refractivity contribution < 1.29 is 19.2 Å². The maximum atomic E-state index is 12.5. The molecule has 1 aliphatic rings. The second-order valence-corrected chi connectivity index (χ2v) is 6.84. The third-order valence-electron chi connectivity index (χ3n) is 4.48. The van der Waals surface area contributed by atoms with Crippen LogP contribution in [0, 0.1) is 0 Å². The lowest BCUT2D eigenvalue weighted by molar-refractivity contribution is -0.148. The lowest BCUT2D eigenvalue weighted by Gasteiger charge is -2.35. The van der Waals surface area contributed by atoms with E-state index in [4.69, 9.17) is 5.73 Å². The van der Waals surface area contributed by atoms with Crippen molar-refractivity contribution in [2.24, 2.45) is 5.73 Å². The smallest absolute Gasteiger partial charge is 0.229 e. The third kappa shape index (κ3) is 7.34. The lowest BCUT2D eigenvalue weighted by Crippen LogP contribution is -2.47. The molecule has 1 aliphatic carbocycles. The number of rotatable bonds is 9. The van der Waals surface area contributed by atoms with E-state index in [1.54, 1.807) is 0 Å². The zero-order chi connectivity index (χ0) is 18.1. The number of hydrogen-bond acceptors (Lipinski definition) is 5. The normalized spacial score (nSPS) is 20.5. The standard InChI is InChI=1S/C18H30N2O4/c1-13(21)5-3-7-17(23)20(16-11-9-15(19)10-12-16)18(24)8-4-6-14(2)22/h15-16H,3-12,19H2,1-2H3. The molecule has 6 nitrogen and oxygen atoms in total. The van der Waals surface area contributed by atoms with Gasteiger partial charge in [-0.15, -0.1) is 0 Å². The first-order valence-corrected chi connectivity index (χ1v) is 8.90. The number of Topliss-reactive ketones (excluding diaryl/α,β-unsaturated/α-hetero) is 2. The Labute approximate surface area is 144 Å². The number of imide groups is 1. The summed E-state index contributed by atoms with van der Waals surface area (Å²) in [5, 5.41) is 0. The van der Waals surface area contributed by atoms with Gasteiger partial charge in [-0.25, -0.2) is 0 Å². The highest BCUT2D eigenvalue weighted by atomic mass is 16.2. The van der Waals surface area contributed by atoms with E-state index < -0.39 is 0 Å². The number of nitrogens with zero attached hydrogens (tertiary/aromatic N) is 1. The first-order chi connectivity index (χ1) is 11.3. The quantitative estimate of drug-likeness (QED) is 0.694. The van der Waals surface area contributed by atoms with Crippen LogP contribution in [0.1, 0.15) is 78.1 Å². The van der Waals surface area contributed by atoms with E-state index >= 15 is 0 Å². The summed E-state index contributed by atoms with van der Waals surface area (Å²) in [7, 11) is 0. The SMILES string of the molecule is CC(=O)CCCC(=O)N(C(=O)CCCC(C)=O)C1CCC(N)CC1. The molecule has 2 N–H and O–H groups in total. The Balaban J connectivity index is 2.67. The number of ketones is 2. The predicted octanol–water partition coefficient (Wildman–Crippen LogP) is 2.13. The van der Waals surface area contributed by atoms with Gasteiger partial charge in [0, 0.05) is 37.8 Å². The Morgan fingerprint density at radius 1 is 0.792 bits per heavy atom. The highest BCUT2D eigenvalue weighted by Crippen LogP contribution is 2.24. The summed E-state index contributed by atoms with van der Waals surface area (Å²) in [5.41, 5.74) is 5.91. The molecule has 0 unspecified atom stereocenters. The molecule has 0 radical (unpaired) electrons. The molecule has 24 heavy (non-hydrogen) atoms. The fourth-order valence-corrected chi connectivity index (χ4v) is 3.12. The minimum atomic E-state index is -0.204. The topological polar surface area (TPSA) is 97.5 Å². The molecule has 0 saturated heterocycles. The van der Waals surface area contributed by atoms with Gasteiger partial charge in [-0.05, 0) is 52.4 Å². The van der Waals surface area contributed by atoms with Gasteiger partial charge in [0.25, 0.3) is 0 Å². The van der Waals surface area contributed by atoms with Gasteiger partial charge in [0.1, 0.15) is 11.6 Å². The summed E-state index contributed by atoms with van der Waals surface area (Å²) >= 11 is 0. The van der Waals surface area contributed by atoms with Crippen LogP contribution in [0.5, 0.6) is 0 Å². The van der Waals surface area contributed by atoms with Crippen LogP contribution in [-0.2, 0) is 19.2 Å². The zero-order valence-electron chi connectivity index (χ0n) is 14.9. The van der Waals surface area contributed by atoms with Crippen molar-refractivity contribution in [3.05, 3.63) is 0 Å². The van der Waals surface area contributed by atoms with Crippen molar-refractivity contribution in [3.63, 3.8) is 0 Å². The van der Waals surface area contributed by atoms with Gasteiger partial charge in [-0.2, -0.15) is 0 Å². The molecule has 0 heterocycles. The highest BCUT2D eigenvalue weighted by molar-refractivity contribution is 5.96. The van der Waals surface area contributed by atoms with Gasteiger partial charge in [0.2, 0.25) is 11.8 Å². The molecule has 1 fully saturated rings. The molecule has 2 amide bonds. The molecule has 1 rings (SSSR count). The van der Waals surface area contributed by atoms with Gasteiger partial charge < -0.3 is 15.3 Å². The maximum Gasteiger partial charge on any atom is 0.229 e. The van der Waals surface area contributed by atoms with E-state index in [9.17, 15) is 19.2 Å². The fraction of sp³-hybridized carbons (Fsp3) is 0.778. The molecule has 6 heteroatoms. The molecule has 0 aromatic heterocycles. The van der Waals surface area contributed by atoms with Crippen LogP contribution in [0.25, 0.3) is 0 Å². The minimum absolute atomic E-state index is 0.0470. The highest BCUT2D eigenvalue weighted by Gasteiger charge is 2.31. The number of carbonyl (C=O) groups is 4. The molecule has 1 saturated carbocycles. The fourth-order valence-electron chi connectivity index (χ4n) is 3.12. The first-order valence-electron chi connectivity index (χ1n) is 8.90. The summed E-state index contributed by atoms with van der Waals surface area (Å²) in [6.07, 6.45) is 5.15. The van der Waals surface area contributed by atoms with Crippen LogP contribution in [-0.4, -0.2) is 40.4 Å². The lowest BCUT2D eigenvalue weighted by atomic mass is 9.90. The largest absolute Gasteiger partial charge is 0.328 e. The van der Waals surface area contributed by atoms with Gasteiger partial charge >= 0.3 is 0 Å². The summed E-state index contributed by atoms with van der Waals surface area (Å²) in [6.45, 7) is 3.00. The molecule has 0 aliphatic heterocycles. The Morgan fingerprint density at radius 3 is 1.58 bits per heavy atom. The molecule has 0 aromatic carbocycles. The second-order valence-electron chi connectivity index (χ2n) is 6.84. The van der Waals surface area contributed by atoms with Crippen LogP contribution in [0.3, 0.4) is 0 Å². The molecular weight excluding hydrogens is 308 g/mol. The van der Waals surface area contributed by atoms with E-state index in [2.05, 4.69) is 0 Å². The monoisotopic (exact) mass is 338 g/mol. The van der Waals surface area contributed by atoms with Crippen molar-refractivity contribution in [2.75, 3.05) is 0 Å². The van der Waals surface area contributed by atoms with E-state index in [1.807, 2.05) is 0 Å². The second kappa shape index (κ2) is 10.3. The van der Waals surface area contributed by atoms with Crippen LogP contribution >= 0.6 is 0 Å². The van der Waals surface area contributed by atoms with E-state index in [0.29, 0.717) is 25.7 Å². The van der Waals surface area contributed by atoms with Crippen molar-refractivity contribution in [1.29, 1.82) is 0 Å². The number of nitrogens with two attached hydrogens (primary N) is 1. The summed E-state index contributed by atoms with van der Waals surface area (Å²) < 4.78 is 0. The molecule has 0 spiro atoms. The van der Waals surface area contributed by atoms with Gasteiger partial charge in [-0.3, -0.25) is 14.5 Å². The van der Waals surface area contributed by atoms with Crippen molar-refractivity contribution in [2.45, 2.75) is 90.1 Å².